The second-order valence-corrected chi connectivity index (χ2v) is 6.12. The second kappa shape index (κ2) is 5.10. The molecule has 1 fully saturated rings. The number of hydrogen-bond acceptors (Lipinski definition) is 5. The van der Waals surface area contributed by atoms with Gasteiger partial charge in [-0.3, -0.25) is 0 Å². The van der Waals surface area contributed by atoms with E-state index >= 15 is 0 Å². The summed E-state index contributed by atoms with van der Waals surface area (Å²) in [5.74, 6) is 0.943. The van der Waals surface area contributed by atoms with Crippen molar-refractivity contribution < 1.29 is 4.74 Å². The minimum atomic E-state index is 0.329. The van der Waals surface area contributed by atoms with E-state index in [9.17, 15) is 0 Å². The van der Waals surface area contributed by atoms with Crippen molar-refractivity contribution in [2.24, 2.45) is 0 Å². The molecule has 90 valence electrons. The summed E-state index contributed by atoms with van der Waals surface area (Å²) in [6.45, 7) is 0.892. The lowest BCUT2D eigenvalue weighted by Gasteiger charge is -2.08. The number of thioether (sulfide) groups is 1. The third kappa shape index (κ3) is 2.57. The Balaban J connectivity index is 1.81. The first kappa shape index (κ1) is 11.7. The Morgan fingerprint density at radius 2 is 2.47 bits per heavy atom. The summed E-state index contributed by atoms with van der Waals surface area (Å²) in [6.07, 6.45) is 2.68. The second-order valence-electron chi connectivity index (χ2n) is 3.88. The molecule has 0 saturated carbocycles. The third-order valence-electron chi connectivity index (χ3n) is 2.69. The average Bonchev–Trinajstić information content (AvgIpc) is 2.95. The molecule has 1 aliphatic heterocycles. The zero-order valence-electron chi connectivity index (χ0n) is 9.06. The van der Waals surface area contributed by atoms with Crippen molar-refractivity contribution in [1.29, 1.82) is 0 Å². The van der Waals surface area contributed by atoms with Crippen LogP contribution in [0.2, 0.25) is 5.28 Å². The molecule has 0 spiro atoms. The molecule has 0 bridgehead atoms. The van der Waals surface area contributed by atoms with Gasteiger partial charge in [-0.05, 0) is 35.9 Å². The first-order chi connectivity index (χ1) is 8.33. The molecule has 0 aliphatic carbocycles. The van der Waals surface area contributed by atoms with Gasteiger partial charge in [0.2, 0.25) is 5.28 Å². The monoisotopic (exact) mass is 286 g/mol. The molecule has 17 heavy (non-hydrogen) atoms. The Kier molecular flexibility index (Phi) is 3.51. The van der Waals surface area contributed by atoms with Crippen LogP contribution in [0.4, 0.5) is 0 Å². The van der Waals surface area contributed by atoms with Gasteiger partial charge >= 0.3 is 0 Å². The van der Waals surface area contributed by atoms with Gasteiger partial charge in [-0.1, -0.05) is 0 Å². The van der Waals surface area contributed by atoms with Gasteiger partial charge in [0.15, 0.2) is 0 Å². The van der Waals surface area contributed by atoms with Crippen LogP contribution in [0.5, 0.6) is 0 Å². The van der Waals surface area contributed by atoms with E-state index in [4.69, 9.17) is 16.3 Å². The van der Waals surface area contributed by atoms with Crippen molar-refractivity contribution in [2.75, 3.05) is 12.4 Å². The number of rotatable bonds is 3. The summed E-state index contributed by atoms with van der Waals surface area (Å²) in [5.41, 5.74) is 0. The highest BCUT2D eigenvalue weighted by Crippen LogP contribution is 2.31. The molecule has 3 heterocycles. The van der Waals surface area contributed by atoms with Crippen LogP contribution in [-0.4, -0.2) is 28.4 Å². The van der Waals surface area contributed by atoms with Gasteiger partial charge in [0.1, 0.15) is 9.86 Å². The maximum atomic E-state index is 5.92. The van der Waals surface area contributed by atoms with E-state index in [0.717, 1.165) is 34.0 Å². The predicted octanol–water partition coefficient (Wildman–Crippen LogP) is 3.62. The number of halogens is 1. The first-order valence-corrected chi connectivity index (χ1v) is 7.72. The fourth-order valence-electron chi connectivity index (χ4n) is 1.86. The van der Waals surface area contributed by atoms with Crippen molar-refractivity contribution in [3.05, 3.63) is 16.7 Å². The van der Waals surface area contributed by atoms with Crippen LogP contribution in [0.15, 0.2) is 16.5 Å². The number of hydrogen-bond donors (Lipinski definition) is 0. The summed E-state index contributed by atoms with van der Waals surface area (Å²) in [7, 11) is 0. The highest BCUT2D eigenvalue weighted by atomic mass is 35.5. The van der Waals surface area contributed by atoms with Crippen LogP contribution in [-0.2, 0) is 4.74 Å². The number of nitrogens with zero attached hydrogens (tertiary/aromatic N) is 2. The van der Waals surface area contributed by atoms with E-state index in [1.807, 2.05) is 11.4 Å². The van der Waals surface area contributed by atoms with Crippen LogP contribution in [0.3, 0.4) is 0 Å². The summed E-state index contributed by atoms with van der Waals surface area (Å²) in [4.78, 5) is 9.47. The van der Waals surface area contributed by atoms with Crippen molar-refractivity contribution >= 4 is 44.9 Å². The molecule has 0 amide bonds. The molecule has 6 heteroatoms. The summed E-state index contributed by atoms with van der Waals surface area (Å²) in [6, 6.07) is 2.05. The lowest BCUT2D eigenvalue weighted by atomic mass is 10.3. The lowest BCUT2D eigenvalue weighted by Crippen LogP contribution is -2.08. The molecule has 1 unspecified atom stereocenters. The predicted molar refractivity (Wildman–Crippen MR) is 72.1 cm³/mol. The van der Waals surface area contributed by atoms with Crippen LogP contribution in [0.25, 0.3) is 10.2 Å². The van der Waals surface area contributed by atoms with Gasteiger partial charge in [-0.15, -0.1) is 23.1 Å². The fraction of sp³-hybridized carbons (Fsp3) is 0.455. The molecule has 2 aromatic heterocycles. The van der Waals surface area contributed by atoms with Crippen LogP contribution < -0.4 is 0 Å². The van der Waals surface area contributed by atoms with E-state index in [0.29, 0.717) is 11.4 Å². The molecule has 0 N–H and O–H groups in total. The number of fused-ring (bicyclic) bond motifs is 1. The van der Waals surface area contributed by atoms with Gasteiger partial charge in [-0.25, -0.2) is 9.97 Å². The highest BCUT2D eigenvalue weighted by molar-refractivity contribution is 7.99. The van der Waals surface area contributed by atoms with E-state index in [1.165, 1.54) is 6.42 Å². The average molecular weight is 287 g/mol. The largest absolute Gasteiger partial charge is 0.377 e. The lowest BCUT2D eigenvalue weighted by molar-refractivity contribution is 0.129. The molecular weight excluding hydrogens is 276 g/mol. The van der Waals surface area contributed by atoms with E-state index in [1.54, 1.807) is 23.1 Å². The Morgan fingerprint density at radius 3 is 3.29 bits per heavy atom. The molecule has 0 aromatic carbocycles. The number of aromatic nitrogens is 2. The highest BCUT2D eigenvalue weighted by Gasteiger charge is 2.17. The van der Waals surface area contributed by atoms with Crippen molar-refractivity contribution in [2.45, 2.75) is 24.0 Å². The topological polar surface area (TPSA) is 35.0 Å². The number of thiophene rings is 1. The maximum absolute atomic E-state index is 5.92. The van der Waals surface area contributed by atoms with Crippen molar-refractivity contribution in [3.8, 4) is 0 Å². The smallest absolute Gasteiger partial charge is 0.224 e. The zero-order chi connectivity index (χ0) is 11.7. The minimum absolute atomic E-state index is 0.329. The van der Waals surface area contributed by atoms with Gasteiger partial charge < -0.3 is 4.74 Å². The van der Waals surface area contributed by atoms with Gasteiger partial charge in [0.25, 0.3) is 0 Å². The minimum Gasteiger partial charge on any atom is -0.377 e. The van der Waals surface area contributed by atoms with Crippen LogP contribution >= 0.6 is 34.7 Å². The Hall–Kier alpha value is -0.360. The molecule has 0 radical (unpaired) electrons. The van der Waals surface area contributed by atoms with Gasteiger partial charge in [0, 0.05) is 17.7 Å². The first-order valence-electron chi connectivity index (χ1n) is 5.48. The normalized spacial score (nSPS) is 20.2. The Bertz CT molecular complexity index is 525. The number of ether oxygens (including phenoxy) is 1. The van der Waals surface area contributed by atoms with Crippen molar-refractivity contribution in [3.63, 3.8) is 0 Å². The van der Waals surface area contributed by atoms with E-state index in [2.05, 4.69) is 9.97 Å². The SMILES string of the molecule is Clc1nc(SCC2CCCO2)c2ccsc2n1. The van der Waals surface area contributed by atoms with Gasteiger partial charge in [0.05, 0.1) is 6.10 Å². The van der Waals surface area contributed by atoms with E-state index < -0.39 is 0 Å². The standard InChI is InChI=1S/C11H11ClN2OS2/c12-11-13-9-8(3-5-16-9)10(14-11)17-6-7-2-1-4-15-7/h3,5,7H,1-2,4,6H2. The quantitative estimate of drug-likeness (QED) is 0.490. The summed E-state index contributed by atoms with van der Waals surface area (Å²) < 4.78 is 5.60. The third-order valence-corrected chi connectivity index (χ3v) is 4.79. The van der Waals surface area contributed by atoms with Crippen LogP contribution in [0.1, 0.15) is 12.8 Å². The summed E-state index contributed by atoms with van der Waals surface area (Å²) >= 11 is 9.22. The Labute approximate surface area is 113 Å². The summed E-state index contributed by atoms with van der Waals surface area (Å²) in [5, 5.41) is 4.42. The molecule has 3 rings (SSSR count). The van der Waals surface area contributed by atoms with Gasteiger partial charge in [-0.2, -0.15) is 0 Å². The Morgan fingerprint density at radius 1 is 1.53 bits per heavy atom. The van der Waals surface area contributed by atoms with E-state index in [-0.39, 0.29) is 0 Å². The van der Waals surface area contributed by atoms with Crippen molar-refractivity contribution in [1.82, 2.24) is 9.97 Å². The molecule has 1 aliphatic rings. The molecule has 1 saturated heterocycles. The zero-order valence-corrected chi connectivity index (χ0v) is 11.4. The van der Waals surface area contributed by atoms with Crippen LogP contribution in [0, 0.1) is 0 Å². The maximum Gasteiger partial charge on any atom is 0.224 e. The fourth-order valence-corrected chi connectivity index (χ4v) is 4.04. The molecule has 3 nitrogen and oxygen atoms in total. The molecular formula is C11H11ClN2OS2. The molecule has 2 aromatic rings. The molecule has 1 atom stereocenters.